The van der Waals surface area contributed by atoms with Crippen molar-refractivity contribution in [1.82, 2.24) is 25.1 Å². The Balaban J connectivity index is 1.41. The number of nitrogens with zero attached hydrogens (tertiary/aromatic N) is 3. The molecule has 2 aromatic heterocycles. The van der Waals surface area contributed by atoms with Gasteiger partial charge in [-0.05, 0) is 61.2 Å². The van der Waals surface area contributed by atoms with Crippen LogP contribution in [0.3, 0.4) is 0 Å². The van der Waals surface area contributed by atoms with Gasteiger partial charge >= 0.3 is 0 Å². The van der Waals surface area contributed by atoms with Gasteiger partial charge in [0, 0.05) is 30.2 Å². The highest BCUT2D eigenvalue weighted by Gasteiger charge is 2.24. The van der Waals surface area contributed by atoms with Crippen molar-refractivity contribution in [3.05, 3.63) is 69.4 Å². The first kappa shape index (κ1) is 17.5. The number of aryl methyl sites for hydroxylation is 2. The van der Waals surface area contributed by atoms with E-state index in [0.717, 1.165) is 53.6 Å². The maximum absolute atomic E-state index is 6.12. The highest BCUT2D eigenvalue weighted by atomic mass is 35.5. The normalized spacial score (nSPS) is 14.5. The van der Waals surface area contributed by atoms with Crippen LogP contribution < -0.4 is 0 Å². The minimum Gasteiger partial charge on any atom is -0.337 e. The van der Waals surface area contributed by atoms with Gasteiger partial charge < -0.3 is 4.98 Å². The number of halogens is 1. The standard InChI is InChI=1S/C22H22ClN5/c1-13-8-18-19(9-14(13)2)25-22(24-18)21-17-6-7-28(12-20(17)26-27-21)11-15-4-3-5-16(23)10-15/h3-5,8-10H,6-7,11-12H2,1-2H3,(H,24,25)(H,26,27). The number of fused-ring (bicyclic) bond motifs is 2. The fourth-order valence-corrected chi connectivity index (χ4v) is 4.19. The number of rotatable bonds is 3. The van der Waals surface area contributed by atoms with Gasteiger partial charge in [-0.1, -0.05) is 23.7 Å². The zero-order valence-electron chi connectivity index (χ0n) is 16.0. The number of H-pyrrole nitrogens is 2. The summed E-state index contributed by atoms with van der Waals surface area (Å²) in [5.74, 6) is 0.848. The summed E-state index contributed by atoms with van der Waals surface area (Å²) in [6.45, 7) is 6.98. The minimum atomic E-state index is 0.786. The Bertz CT molecular complexity index is 1130. The fraction of sp³-hybridized carbons (Fsp3) is 0.273. The Labute approximate surface area is 168 Å². The van der Waals surface area contributed by atoms with Crippen LogP contribution in [0.2, 0.25) is 5.02 Å². The van der Waals surface area contributed by atoms with E-state index in [9.17, 15) is 0 Å². The van der Waals surface area contributed by atoms with Crippen molar-refractivity contribution in [1.29, 1.82) is 0 Å². The van der Waals surface area contributed by atoms with Gasteiger partial charge in [0.2, 0.25) is 0 Å². The Hall–Kier alpha value is -2.63. The molecule has 0 spiro atoms. The lowest BCUT2D eigenvalue weighted by Crippen LogP contribution is -2.30. The van der Waals surface area contributed by atoms with Crippen molar-refractivity contribution in [3.8, 4) is 11.5 Å². The van der Waals surface area contributed by atoms with E-state index in [1.165, 1.54) is 27.9 Å². The molecule has 5 nitrogen and oxygen atoms in total. The van der Waals surface area contributed by atoms with E-state index in [1.54, 1.807) is 0 Å². The maximum Gasteiger partial charge on any atom is 0.159 e. The molecule has 28 heavy (non-hydrogen) atoms. The van der Waals surface area contributed by atoms with Crippen molar-refractivity contribution in [2.75, 3.05) is 6.54 Å². The summed E-state index contributed by atoms with van der Waals surface area (Å²) in [6, 6.07) is 12.4. The summed E-state index contributed by atoms with van der Waals surface area (Å²) in [4.78, 5) is 10.7. The van der Waals surface area contributed by atoms with E-state index in [4.69, 9.17) is 16.6 Å². The predicted molar refractivity (Wildman–Crippen MR) is 112 cm³/mol. The van der Waals surface area contributed by atoms with Crippen LogP contribution in [0.25, 0.3) is 22.6 Å². The number of hydrogen-bond acceptors (Lipinski definition) is 3. The van der Waals surface area contributed by atoms with Crippen molar-refractivity contribution in [3.63, 3.8) is 0 Å². The number of hydrogen-bond donors (Lipinski definition) is 2. The molecule has 2 aromatic carbocycles. The van der Waals surface area contributed by atoms with Crippen LogP contribution in [-0.4, -0.2) is 31.6 Å². The summed E-state index contributed by atoms with van der Waals surface area (Å²) < 4.78 is 0. The SMILES string of the molecule is Cc1cc2nc(-c3n[nH]c4c3CCN(Cc3cccc(Cl)c3)C4)[nH]c2cc1C. The molecule has 5 rings (SSSR count). The number of aromatic nitrogens is 4. The molecule has 0 amide bonds. The molecule has 0 atom stereocenters. The van der Waals surface area contributed by atoms with Crippen LogP contribution in [0.4, 0.5) is 0 Å². The van der Waals surface area contributed by atoms with Gasteiger partial charge in [-0.3, -0.25) is 10.00 Å². The molecule has 0 saturated carbocycles. The summed E-state index contributed by atoms with van der Waals surface area (Å²) in [5, 5.41) is 8.62. The van der Waals surface area contributed by atoms with Gasteiger partial charge in [-0.2, -0.15) is 5.10 Å². The minimum absolute atomic E-state index is 0.786. The lowest BCUT2D eigenvalue weighted by molar-refractivity contribution is 0.242. The lowest BCUT2D eigenvalue weighted by Gasteiger charge is -2.26. The third-order valence-corrected chi connectivity index (χ3v) is 5.86. The molecular weight excluding hydrogens is 370 g/mol. The summed E-state index contributed by atoms with van der Waals surface area (Å²) in [5.41, 5.74) is 9.21. The smallest absolute Gasteiger partial charge is 0.159 e. The first-order valence-electron chi connectivity index (χ1n) is 9.57. The van der Waals surface area contributed by atoms with E-state index in [2.05, 4.69) is 52.1 Å². The van der Waals surface area contributed by atoms with E-state index in [-0.39, 0.29) is 0 Å². The van der Waals surface area contributed by atoms with Crippen LogP contribution >= 0.6 is 11.6 Å². The number of benzene rings is 2. The lowest BCUT2D eigenvalue weighted by atomic mass is 10.0. The first-order chi connectivity index (χ1) is 13.6. The second-order valence-electron chi connectivity index (χ2n) is 7.66. The average molecular weight is 392 g/mol. The second kappa shape index (κ2) is 6.76. The molecule has 1 aliphatic heterocycles. The molecule has 0 unspecified atom stereocenters. The van der Waals surface area contributed by atoms with Gasteiger partial charge in [-0.15, -0.1) is 0 Å². The maximum atomic E-state index is 6.12. The third kappa shape index (κ3) is 3.11. The van der Waals surface area contributed by atoms with E-state index in [0.29, 0.717) is 0 Å². The Morgan fingerprint density at radius 3 is 2.86 bits per heavy atom. The summed E-state index contributed by atoms with van der Waals surface area (Å²) >= 11 is 6.12. The second-order valence-corrected chi connectivity index (χ2v) is 8.10. The first-order valence-corrected chi connectivity index (χ1v) is 9.95. The van der Waals surface area contributed by atoms with Crippen LogP contribution in [0.5, 0.6) is 0 Å². The van der Waals surface area contributed by atoms with Crippen molar-refractivity contribution in [2.45, 2.75) is 33.4 Å². The number of aromatic amines is 2. The molecule has 0 fully saturated rings. The monoisotopic (exact) mass is 391 g/mol. The van der Waals surface area contributed by atoms with E-state index in [1.807, 2.05) is 18.2 Å². The molecule has 142 valence electrons. The zero-order valence-corrected chi connectivity index (χ0v) is 16.8. The van der Waals surface area contributed by atoms with Crippen LogP contribution in [-0.2, 0) is 19.5 Å². The van der Waals surface area contributed by atoms with Crippen LogP contribution in [0.1, 0.15) is 27.9 Å². The molecule has 1 aliphatic rings. The van der Waals surface area contributed by atoms with Crippen LogP contribution in [0.15, 0.2) is 36.4 Å². The molecule has 3 heterocycles. The largest absolute Gasteiger partial charge is 0.337 e. The third-order valence-electron chi connectivity index (χ3n) is 5.63. The topological polar surface area (TPSA) is 60.6 Å². The van der Waals surface area contributed by atoms with Crippen molar-refractivity contribution < 1.29 is 0 Å². The number of imidazole rings is 1. The molecular formula is C22H22ClN5. The van der Waals surface area contributed by atoms with Gasteiger partial charge in [0.1, 0.15) is 5.69 Å². The molecule has 4 aromatic rings. The summed E-state index contributed by atoms with van der Waals surface area (Å²) in [7, 11) is 0. The van der Waals surface area contributed by atoms with Crippen molar-refractivity contribution >= 4 is 22.6 Å². The molecule has 6 heteroatoms. The molecule has 0 saturated heterocycles. The molecule has 0 aliphatic carbocycles. The Morgan fingerprint density at radius 2 is 2.00 bits per heavy atom. The van der Waals surface area contributed by atoms with Gasteiger partial charge in [0.05, 0.1) is 16.7 Å². The highest BCUT2D eigenvalue weighted by Crippen LogP contribution is 2.29. The molecule has 0 radical (unpaired) electrons. The van der Waals surface area contributed by atoms with Crippen LogP contribution in [0, 0.1) is 13.8 Å². The van der Waals surface area contributed by atoms with Gasteiger partial charge in [0.15, 0.2) is 5.82 Å². The number of nitrogens with one attached hydrogen (secondary N) is 2. The Morgan fingerprint density at radius 1 is 1.14 bits per heavy atom. The highest BCUT2D eigenvalue weighted by molar-refractivity contribution is 6.30. The molecule has 2 N–H and O–H groups in total. The summed E-state index contributed by atoms with van der Waals surface area (Å²) in [6.07, 6.45) is 0.955. The van der Waals surface area contributed by atoms with Gasteiger partial charge in [-0.25, -0.2) is 4.98 Å². The fourth-order valence-electron chi connectivity index (χ4n) is 3.98. The van der Waals surface area contributed by atoms with Gasteiger partial charge in [0.25, 0.3) is 0 Å². The zero-order chi connectivity index (χ0) is 19.3. The Kier molecular flexibility index (Phi) is 4.22. The van der Waals surface area contributed by atoms with E-state index >= 15 is 0 Å². The van der Waals surface area contributed by atoms with Crippen molar-refractivity contribution in [2.24, 2.45) is 0 Å². The predicted octanol–water partition coefficient (Wildman–Crippen LogP) is 4.78. The van der Waals surface area contributed by atoms with E-state index < -0.39 is 0 Å². The molecule has 0 bridgehead atoms. The average Bonchev–Trinajstić information content (AvgIpc) is 3.25. The quantitative estimate of drug-likeness (QED) is 0.528.